The quantitative estimate of drug-likeness (QED) is 0.945. The highest BCUT2D eigenvalue weighted by molar-refractivity contribution is 8.00. The van der Waals surface area contributed by atoms with Gasteiger partial charge in [-0.2, -0.15) is 0 Å². The van der Waals surface area contributed by atoms with E-state index in [1.54, 1.807) is 11.8 Å². The van der Waals surface area contributed by atoms with Crippen LogP contribution in [0.25, 0.3) is 11.0 Å². The fraction of sp³-hybridized carbons (Fsp3) is 0.467. The number of carbonyl (C=O) groups is 1. The average Bonchev–Trinajstić information content (AvgIpc) is 2.69. The van der Waals surface area contributed by atoms with Gasteiger partial charge in [0.1, 0.15) is 0 Å². The smallest absolute Gasteiger partial charge is 0.233 e. The zero-order valence-corrected chi connectivity index (χ0v) is 12.4. The highest BCUT2D eigenvalue weighted by atomic mass is 32.2. The summed E-state index contributed by atoms with van der Waals surface area (Å²) in [6.07, 6.45) is 3.11. The van der Waals surface area contributed by atoms with E-state index in [1.165, 1.54) is 0 Å². The molecular weight excluding hydrogens is 270 g/mol. The van der Waals surface area contributed by atoms with Gasteiger partial charge in [0, 0.05) is 13.1 Å². The lowest BCUT2D eigenvalue weighted by Crippen LogP contribution is -2.30. The molecular formula is C15H19N3OS. The van der Waals surface area contributed by atoms with Crippen LogP contribution < -0.4 is 5.32 Å². The lowest BCUT2D eigenvalue weighted by Gasteiger charge is -2.13. The van der Waals surface area contributed by atoms with Crippen molar-refractivity contribution in [2.24, 2.45) is 0 Å². The summed E-state index contributed by atoms with van der Waals surface area (Å²) in [5, 5.41) is 3.93. The third kappa shape index (κ3) is 2.54. The van der Waals surface area contributed by atoms with Crippen molar-refractivity contribution >= 4 is 28.7 Å². The second kappa shape index (κ2) is 5.87. The van der Waals surface area contributed by atoms with E-state index in [-0.39, 0.29) is 11.2 Å². The van der Waals surface area contributed by atoms with Gasteiger partial charge in [0.25, 0.3) is 0 Å². The van der Waals surface area contributed by atoms with Gasteiger partial charge in [0.15, 0.2) is 5.16 Å². The summed E-state index contributed by atoms with van der Waals surface area (Å²) in [5.41, 5.74) is 2.15. The molecule has 0 bridgehead atoms. The van der Waals surface area contributed by atoms with Crippen molar-refractivity contribution in [3.8, 4) is 0 Å². The van der Waals surface area contributed by atoms with Crippen LogP contribution in [0.4, 0.5) is 0 Å². The number of nitrogens with zero attached hydrogens (tertiary/aromatic N) is 2. The van der Waals surface area contributed by atoms with Crippen molar-refractivity contribution in [2.75, 3.05) is 6.54 Å². The fourth-order valence-corrected chi connectivity index (χ4v) is 3.84. The SMILES string of the molecule is CCn1c(SC2CCCCNC2=O)nc2ccccc21. The van der Waals surface area contributed by atoms with Gasteiger partial charge in [-0.15, -0.1) is 0 Å². The fourth-order valence-electron chi connectivity index (χ4n) is 2.60. The predicted octanol–water partition coefficient (Wildman–Crippen LogP) is 2.82. The first kappa shape index (κ1) is 13.5. The average molecular weight is 289 g/mol. The number of imidazole rings is 1. The Kier molecular flexibility index (Phi) is 3.96. The molecule has 3 rings (SSSR count). The van der Waals surface area contributed by atoms with Crippen LogP contribution in [-0.2, 0) is 11.3 Å². The third-order valence-electron chi connectivity index (χ3n) is 3.67. The number of benzene rings is 1. The Hall–Kier alpha value is -1.49. The number of amides is 1. The molecule has 0 spiro atoms. The molecule has 2 aromatic rings. The van der Waals surface area contributed by atoms with Gasteiger partial charge in [-0.25, -0.2) is 4.98 Å². The number of thioether (sulfide) groups is 1. The van der Waals surface area contributed by atoms with E-state index in [4.69, 9.17) is 0 Å². The summed E-state index contributed by atoms with van der Waals surface area (Å²) in [7, 11) is 0. The van der Waals surface area contributed by atoms with E-state index >= 15 is 0 Å². The molecule has 0 radical (unpaired) electrons. The second-order valence-electron chi connectivity index (χ2n) is 5.02. The van der Waals surface area contributed by atoms with Crippen LogP contribution in [0, 0.1) is 0 Å². The molecule has 1 aliphatic heterocycles. The Bertz CT molecular complexity index is 623. The lowest BCUT2D eigenvalue weighted by atomic mass is 10.2. The largest absolute Gasteiger partial charge is 0.355 e. The predicted molar refractivity (Wildman–Crippen MR) is 81.9 cm³/mol. The van der Waals surface area contributed by atoms with Gasteiger partial charge >= 0.3 is 0 Å². The van der Waals surface area contributed by atoms with E-state index in [2.05, 4.69) is 27.9 Å². The van der Waals surface area contributed by atoms with Crippen molar-refractivity contribution < 1.29 is 4.79 Å². The lowest BCUT2D eigenvalue weighted by molar-refractivity contribution is -0.120. The van der Waals surface area contributed by atoms with Crippen molar-refractivity contribution in [1.29, 1.82) is 0 Å². The van der Waals surface area contributed by atoms with Gasteiger partial charge in [-0.3, -0.25) is 4.79 Å². The monoisotopic (exact) mass is 289 g/mol. The molecule has 106 valence electrons. The molecule has 1 atom stereocenters. The number of nitrogens with one attached hydrogen (secondary N) is 1. The topological polar surface area (TPSA) is 46.9 Å². The van der Waals surface area contributed by atoms with Crippen molar-refractivity contribution in [3.05, 3.63) is 24.3 Å². The molecule has 1 aromatic carbocycles. The van der Waals surface area contributed by atoms with E-state index in [1.807, 2.05) is 18.2 Å². The minimum Gasteiger partial charge on any atom is -0.355 e. The number of fused-ring (bicyclic) bond motifs is 1. The molecule has 1 aliphatic rings. The maximum absolute atomic E-state index is 12.1. The van der Waals surface area contributed by atoms with E-state index in [9.17, 15) is 4.79 Å². The van der Waals surface area contributed by atoms with Crippen molar-refractivity contribution in [2.45, 2.75) is 43.1 Å². The molecule has 1 amide bonds. The Morgan fingerprint density at radius 3 is 3.10 bits per heavy atom. The van der Waals surface area contributed by atoms with Crippen molar-refractivity contribution in [1.82, 2.24) is 14.9 Å². The number of rotatable bonds is 3. The Morgan fingerprint density at radius 2 is 2.25 bits per heavy atom. The number of carbonyl (C=O) groups excluding carboxylic acids is 1. The summed E-state index contributed by atoms with van der Waals surface area (Å²) < 4.78 is 2.19. The first-order valence-corrected chi connectivity index (χ1v) is 8.07. The van der Waals surface area contributed by atoms with E-state index < -0.39 is 0 Å². The number of aromatic nitrogens is 2. The van der Waals surface area contributed by atoms with Gasteiger partial charge < -0.3 is 9.88 Å². The minimum absolute atomic E-state index is 0.0142. The van der Waals surface area contributed by atoms with Crippen LogP contribution in [0.15, 0.2) is 29.4 Å². The first-order chi connectivity index (χ1) is 9.79. The van der Waals surface area contributed by atoms with Crippen LogP contribution in [0.5, 0.6) is 0 Å². The molecule has 0 aliphatic carbocycles. The highest BCUT2D eigenvalue weighted by Gasteiger charge is 2.24. The number of hydrogen-bond acceptors (Lipinski definition) is 3. The minimum atomic E-state index is -0.0142. The maximum atomic E-state index is 12.1. The molecule has 1 N–H and O–H groups in total. The summed E-state index contributed by atoms with van der Waals surface area (Å²) in [6, 6.07) is 8.15. The summed E-state index contributed by atoms with van der Waals surface area (Å²) in [5.74, 6) is 0.155. The standard InChI is InChI=1S/C15H19N3OS/c1-2-18-12-8-4-3-7-11(12)17-15(18)20-13-9-5-6-10-16-14(13)19/h3-4,7-8,13H,2,5-6,9-10H2,1H3,(H,16,19). The Morgan fingerprint density at radius 1 is 1.40 bits per heavy atom. The van der Waals surface area contributed by atoms with Gasteiger partial charge in [0.05, 0.1) is 16.3 Å². The number of para-hydroxylation sites is 2. The zero-order valence-electron chi connectivity index (χ0n) is 11.6. The third-order valence-corrected chi connectivity index (χ3v) is 4.92. The highest BCUT2D eigenvalue weighted by Crippen LogP contribution is 2.30. The van der Waals surface area contributed by atoms with E-state index in [0.29, 0.717) is 0 Å². The summed E-state index contributed by atoms with van der Waals surface area (Å²) >= 11 is 1.60. The number of hydrogen-bond donors (Lipinski definition) is 1. The maximum Gasteiger partial charge on any atom is 0.233 e. The van der Waals surface area contributed by atoms with Crippen molar-refractivity contribution in [3.63, 3.8) is 0 Å². The molecule has 1 fully saturated rings. The number of aryl methyl sites for hydroxylation is 1. The molecule has 1 saturated heterocycles. The first-order valence-electron chi connectivity index (χ1n) is 7.19. The molecule has 1 aromatic heterocycles. The molecule has 4 nitrogen and oxygen atoms in total. The molecule has 0 saturated carbocycles. The van der Waals surface area contributed by atoms with Crippen LogP contribution in [-0.4, -0.2) is 27.3 Å². The Balaban J connectivity index is 1.91. The van der Waals surface area contributed by atoms with Crippen LogP contribution >= 0.6 is 11.8 Å². The van der Waals surface area contributed by atoms with Gasteiger partial charge in [0.2, 0.25) is 5.91 Å². The molecule has 1 unspecified atom stereocenters. The zero-order chi connectivity index (χ0) is 13.9. The molecule has 5 heteroatoms. The molecule has 2 heterocycles. The normalized spacial score (nSPS) is 19.9. The van der Waals surface area contributed by atoms with Crippen LogP contribution in [0.1, 0.15) is 26.2 Å². The van der Waals surface area contributed by atoms with Crippen LogP contribution in [0.2, 0.25) is 0 Å². The summed E-state index contributed by atoms with van der Waals surface area (Å²) in [6.45, 7) is 3.79. The summed E-state index contributed by atoms with van der Waals surface area (Å²) in [4.78, 5) is 16.8. The van der Waals surface area contributed by atoms with Crippen LogP contribution in [0.3, 0.4) is 0 Å². The Labute approximate surface area is 123 Å². The second-order valence-corrected chi connectivity index (χ2v) is 6.19. The molecule has 20 heavy (non-hydrogen) atoms. The van der Waals surface area contributed by atoms with Gasteiger partial charge in [-0.1, -0.05) is 30.3 Å². The van der Waals surface area contributed by atoms with Gasteiger partial charge in [-0.05, 0) is 31.9 Å². The van der Waals surface area contributed by atoms with E-state index in [0.717, 1.165) is 48.5 Å².